The molecule has 3 aromatic rings. The van der Waals surface area contributed by atoms with Crippen molar-refractivity contribution in [3.63, 3.8) is 0 Å². The minimum Gasteiger partial charge on any atom is -0.497 e. The van der Waals surface area contributed by atoms with Crippen LogP contribution in [0, 0.1) is 0 Å². The first kappa shape index (κ1) is 17.7. The summed E-state index contributed by atoms with van der Waals surface area (Å²) in [5, 5.41) is 3.09. The highest BCUT2D eigenvalue weighted by atomic mass is 32.2. The lowest BCUT2D eigenvalue weighted by atomic mass is 10.0. The molecule has 1 N–H and O–H groups in total. The van der Waals surface area contributed by atoms with Gasteiger partial charge in [-0.2, -0.15) is 0 Å². The van der Waals surface area contributed by atoms with Crippen LogP contribution in [0.15, 0.2) is 65.8 Å². The maximum absolute atomic E-state index is 13.0. The number of nitrogens with one attached hydrogen (secondary N) is 1. The maximum Gasteiger partial charge on any atom is 0.234 e. The van der Waals surface area contributed by atoms with Gasteiger partial charge in [-0.15, -0.1) is 11.8 Å². The Morgan fingerprint density at radius 1 is 1.26 bits per heavy atom. The van der Waals surface area contributed by atoms with Crippen LogP contribution in [0.1, 0.15) is 23.0 Å². The van der Waals surface area contributed by atoms with Crippen molar-refractivity contribution in [3.8, 4) is 5.75 Å². The van der Waals surface area contributed by atoms with Crippen molar-refractivity contribution >= 4 is 17.7 Å². The van der Waals surface area contributed by atoms with Crippen LogP contribution in [0.4, 0.5) is 0 Å². The average Bonchev–Trinajstić information content (AvgIpc) is 3.32. The van der Waals surface area contributed by atoms with Gasteiger partial charge in [-0.05, 0) is 35.7 Å². The Bertz CT molecular complexity index is 927. The molecule has 0 aliphatic carbocycles. The number of aromatic nitrogens is 2. The zero-order chi connectivity index (χ0) is 18.8. The Hall–Kier alpha value is -2.73. The van der Waals surface area contributed by atoms with Gasteiger partial charge >= 0.3 is 0 Å². The third kappa shape index (κ3) is 3.57. The van der Waals surface area contributed by atoms with Gasteiger partial charge in [0.25, 0.3) is 0 Å². The lowest BCUT2D eigenvalue weighted by Crippen LogP contribution is -2.37. The molecule has 0 radical (unpaired) electrons. The van der Waals surface area contributed by atoms with Crippen molar-refractivity contribution < 1.29 is 9.53 Å². The molecule has 0 saturated heterocycles. The van der Waals surface area contributed by atoms with Crippen LogP contribution < -0.4 is 10.1 Å². The largest absolute Gasteiger partial charge is 0.497 e. The SMILES string of the molecule is COc1ccc(C(NC(=O)C2Cc3ccccc3S2)c2nccn2C)cc1. The summed E-state index contributed by atoms with van der Waals surface area (Å²) in [5.74, 6) is 1.61. The molecule has 0 fully saturated rings. The number of benzene rings is 2. The van der Waals surface area contributed by atoms with E-state index in [9.17, 15) is 4.79 Å². The van der Waals surface area contributed by atoms with Gasteiger partial charge in [0.05, 0.1) is 12.4 Å². The molecule has 138 valence electrons. The van der Waals surface area contributed by atoms with Crippen LogP contribution in [-0.4, -0.2) is 27.8 Å². The number of methoxy groups -OCH3 is 1. The summed E-state index contributed by atoms with van der Waals surface area (Å²) < 4.78 is 7.19. The van der Waals surface area contributed by atoms with E-state index in [1.54, 1.807) is 25.1 Å². The van der Waals surface area contributed by atoms with E-state index in [0.717, 1.165) is 23.6 Å². The normalized spacial score (nSPS) is 16.6. The summed E-state index contributed by atoms with van der Waals surface area (Å²) in [5.41, 5.74) is 2.21. The van der Waals surface area contributed by atoms with Gasteiger partial charge in [0.1, 0.15) is 17.6 Å². The molecule has 1 aliphatic rings. The summed E-state index contributed by atoms with van der Waals surface area (Å²) in [6.45, 7) is 0. The molecular weight excluding hydrogens is 358 g/mol. The zero-order valence-electron chi connectivity index (χ0n) is 15.3. The summed E-state index contributed by atoms with van der Waals surface area (Å²) in [6, 6.07) is 15.6. The standard InChI is InChI=1S/C21H21N3O2S/c1-24-12-11-22-20(24)19(14-7-9-16(26-2)10-8-14)23-21(25)18-13-15-5-3-4-6-17(15)27-18/h3-12,18-19H,13H2,1-2H3,(H,23,25). The fourth-order valence-electron chi connectivity index (χ4n) is 3.31. The average molecular weight is 379 g/mol. The third-order valence-electron chi connectivity index (χ3n) is 4.79. The van der Waals surface area contributed by atoms with Crippen LogP contribution in [-0.2, 0) is 18.3 Å². The molecule has 5 nitrogen and oxygen atoms in total. The molecule has 0 bridgehead atoms. The quantitative estimate of drug-likeness (QED) is 0.739. The highest BCUT2D eigenvalue weighted by Gasteiger charge is 2.31. The first-order valence-corrected chi connectivity index (χ1v) is 9.70. The van der Waals surface area contributed by atoms with Crippen molar-refractivity contribution in [1.29, 1.82) is 0 Å². The number of rotatable bonds is 5. The van der Waals surface area contributed by atoms with E-state index in [4.69, 9.17) is 4.74 Å². The van der Waals surface area contributed by atoms with E-state index >= 15 is 0 Å². The fourth-order valence-corrected chi connectivity index (χ4v) is 4.52. The number of nitrogens with zero attached hydrogens (tertiary/aromatic N) is 2. The topological polar surface area (TPSA) is 56.1 Å². The number of carbonyl (C=O) groups excluding carboxylic acids is 1. The smallest absolute Gasteiger partial charge is 0.234 e. The minimum absolute atomic E-state index is 0.0278. The molecule has 2 heterocycles. The Labute approximate surface area is 162 Å². The van der Waals surface area contributed by atoms with Crippen molar-refractivity contribution in [2.45, 2.75) is 22.6 Å². The molecular formula is C21H21N3O2S. The molecule has 2 unspecified atom stereocenters. The van der Waals surface area contributed by atoms with Gasteiger partial charge < -0.3 is 14.6 Å². The summed E-state index contributed by atoms with van der Waals surface area (Å²) in [4.78, 5) is 18.7. The molecule has 6 heteroatoms. The Morgan fingerprint density at radius 3 is 2.70 bits per heavy atom. The number of ether oxygens (including phenoxy) is 1. The predicted molar refractivity (Wildman–Crippen MR) is 106 cm³/mol. The molecule has 1 aromatic heterocycles. The van der Waals surface area contributed by atoms with Crippen LogP contribution in [0.25, 0.3) is 0 Å². The maximum atomic E-state index is 13.0. The molecule has 27 heavy (non-hydrogen) atoms. The van der Waals surface area contributed by atoms with E-state index in [2.05, 4.69) is 22.4 Å². The number of hydrogen-bond acceptors (Lipinski definition) is 4. The predicted octanol–water partition coefficient (Wildman–Crippen LogP) is 3.35. The Morgan fingerprint density at radius 2 is 2.04 bits per heavy atom. The van der Waals surface area contributed by atoms with Gasteiger partial charge in [0.2, 0.25) is 5.91 Å². The number of hydrogen-bond donors (Lipinski definition) is 1. The number of fused-ring (bicyclic) bond motifs is 1. The molecule has 1 aliphatic heterocycles. The number of imidazole rings is 1. The summed E-state index contributed by atoms with van der Waals surface area (Å²) in [7, 11) is 3.58. The lowest BCUT2D eigenvalue weighted by molar-refractivity contribution is -0.121. The van der Waals surface area contributed by atoms with Gasteiger partial charge in [0, 0.05) is 24.3 Å². The highest BCUT2D eigenvalue weighted by molar-refractivity contribution is 8.01. The number of thioether (sulfide) groups is 1. The van der Waals surface area contributed by atoms with E-state index < -0.39 is 0 Å². The summed E-state index contributed by atoms with van der Waals surface area (Å²) in [6.07, 6.45) is 4.39. The number of carbonyl (C=O) groups is 1. The van der Waals surface area contributed by atoms with Crippen LogP contribution in [0.5, 0.6) is 5.75 Å². The van der Waals surface area contributed by atoms with Crippen LogP contribution >= 0.6 is 11.8 Å². The molecule has 2 atom stereocenters. The van der Waals surface area contributed by atoms with E-state index in [1.807, 2.05) is 54.2 Å². The monoisotopic (exact) mass is 379 g/mol. The van der Waals surface area contributed by atoms with Crippen LogP contribution in [0.3, 0.4) is 0 Å². The zero-order valence-corrected chi connectivity index (χ0v) is 16.1. The number of aryl methyl sites for hydroxylation is 1. The molecule has 0 spiro atoms. The Kier molecular flexibility index (Phi) is 4.90. The van der Waals surface area contributed by atoms with Gasteiger partial charge in [0.15, 0.2) is 0 Å². The lowest BCUT2D eigenvalue weighted by Gasteiger charge is -2.21. The van der Waals surface area contributed by atoms with Crippen LogP contribution in [0.2, 0.25) is 0 Å². The third-order valence-corrected chi connectivity index (χ3v) is 6.11. The summed E-state index contributed by atoms with van der Waals surface area (Å²) >= 11 is 1.63. The molecule has 1 amide bonds. The van der Waals surface area contributed by atoms with Crippen molar-refractivity contribution in [2.75, 3.05) is 7.11 Å². The first-order valence-electron chi connectivity index (χ1n) is 8.82. The second-order valence-corrected chi connectivity index (χ2v) is 7.77. The first-order chi connectivity index (χ1) is 13.2. The van der Waals surface area contributed by atoms with E-state index in [-0.39, 0.29) is 17.2 Å². The highest BCUT2D eigenvalue weighted by Crippen LogP contribution is 2.37. The fraction of sp³-hybridized carbons (Fsp3) is 0.238. The van der Waals surface area contributed by atoms with Crippen molar-refractivity contribution in [3.05, 3.63) is 77.9 Å². The van der Waals surface area contributed by atoms with E-state index in [0.29, 0.717) is 0 Å². The Balaban J connectivity index is 1.58. The second-order valence-electron chi connectivity index (χ2n) is 6.53. The van der Waals surface area contributed by atoms with Gasteiger partial charge in [-0.3, -0.25) is 4.79 Å². The van der Waals surface area contributed by atoms with Crippen molar-refractivity contribution in [2.24, 2.45) is 7.05 Å². The minimum atomic E-state index is -0.312. The van der Waals surface area contributed by atoms with Crippen molar-refractivity contribution in [1.82, 2.24) is 14.9 Å². The molecule has 2 aromatic carbocycles. The van der Waals surface area contributed by atoms with Gasteiger partial charge in [-0.25, -0.2) is 4.98 Å². The van der Waals surface area contributed by atoms with E-state index in [1.165, 1.54) is 10.5 Å². The molecule has 4 rings (SSSR count). The van der Waals surface area contributed by atoms with Gasteiger partial charge in [-0.1, -0.05) is 30.3 Å². The number of amides is 1. The molecule has 0 saturated carbocycles. The second kappa shape index (κ2) is 7.48.